The van der Waals surface area contributed by atoms with Crippen LogP contribution in [0.1, 0.15) is 33.1 Å². The fourth-order valence-electron chi connectivity index (χ4n) is 2.00. The van der Waals surface area contributed by atoms with Crippen molar-refractivity contribution in [2.75, 3.05) is 13.1 Å². The van der Waals surface area contributed by atoms with Crippen LogP contribution in [-0.4, -0.2) is 30.2 Å². The van der Waals surface area contributed by atoms with Gasteiger partial charge in [0.15, 0.2) is 0 Å². The normalized spacial score (nSPS) is 21.9. The quantitative estimate of drug-likeness (QED) is 0.675. The summed E-state index contributed by atoms with van der Waals surface area (Å²) < 4.78 is 36.2. The Morgan fingerprint density at radius 3 is 2.07 bits per heavy atom. The van der Waals surface area contributed by atoms with Crippen molar-refractivity contribution in [1.29, 1.82) is 0 Å². The SMILES string of the molecule is CC(C)N1CCC(CC(F)(F)F)CC1. The number of hydrogen-bond acceptors (Lipinski definition) is 1. The molecule has 1 aliphatic rings. The molecule has 0 unspecified atom stereocenters. The van der Waals surface area contributed by atoms with Gasteiger partial charge in [-0.2, -0.15) is 13.2 Å². The summed E-state index contributed by atoms with van der Waals surface area (Å²) in [6, 6.07) is 0.460. The van der Waals surface area contributed by atoms with Gasteiger partial charge in [0.1, 0.15) is 0 Å². The highest BCUT2D eigenvalue weighted by Crippen LogP contribution is 2.31. The van der Waals surface area contributed by atoms with Crippen LogP contribution >= 0.6 is 0 Å². The van der Waals surface area contributed by atoms with Crippen molar-refractivity contribution in [3.05, 3.63) is 0 Å². The second-order valence-electron chi connectivity index (χ2n) is 4.39. The molecule has 1 fully saturated rings. The minimum absolute atomic E-state index is 0.148. The lowest BCUT2D eigenvalue weighted by Gasteiger charge is -2.34. The van der Waals surface area contributed by atoms with E-state index < -0.39 is 12.6 Å². The summed E-state index contributed by atoms with van der Waals surface area (Å²) in [5, 5.41) is 0. The van der Waals surface area contributed by atoms with Gasteiger partial charge < -0.3 is 4.90 Å². The van der Waals surface area contributed by atoms with Gasteiger partial charge in [-0.1, -0.05) is 0 Å². The van der Waals surface area contributed by atoms with Crippen LogP contribution in [0, 0.1) is 5.92 Å². The molecule has 14 heavy (non-hydrogen) atoms. The molecule has 1 saturated heterocycles. The van der Waals surface area contributed by atoms with Gasteiger partial charge in [-0.25, -0.2) is 0 Å². The Labute approximate surface area is 83.3 Å². The lowest BCUT2D eigenvalue weighted by atomic mass is 9.93. The maximum Gasteiger partial charge on any atom is 0.389 e. The summed E-state index contributed by atoms with van der Waals surface area (Å²) in [5.41, 5.74) is 0. The molecule has 1 rings (SSSR count). The number of likely N-dealkylation sites (tertiary alicyclic amines) is 1. The molecule has 1 heterocycles. The first kappa shape index (κ1) is 11.8. The van der Waals surface area contributed by atoms with Crippen LogP contribution in [-0.2, 0) is 0 Å². The molecule has 0 spiro atoms. The van der Waals surface area contributed by atoms with Crippen molar-refractivity contribution in [3.8, 4) is 0 Å². The molecule has 0 N–H and O–H groups in total. The zero-order valence-electron chi connectivity index (χ0n) is 8.77. The minimum Gasteiger partial charge on any atom is -0.301 e. The van der Waals surface area contributed by atoms with E-state index in [4.69, 9.17) is 0 Å². The third kappa shape index (κ3) is 3.86. The number of alkyl halides is 3. The zero-order chi connectivity index (χ0) is 10.8. The van der Waals surface area contributed by atoms with Crippen LogP contribution in [0.3, 0.4) is 0 Å². The summed E-state index contributed by atoms with van der Waals surface area (Å²) in [4.78, 5) is 2.24. The standard InChI is InChI=1S/C10H18F3N/c1-8(2)14-5-3-9(4-6-14)7-10(11,12)13/h8-9H,3-7H2,1-2H3. The third-order valence-electron chi connectivity index (χ3n) is 2.90. The van der Waals surface area contributed by atoms with Gasteiger partial charge in [-0.15, -0.1) is 0 Å². The second-order valence-corrected chi connectivity index (χ2v) is 4.39. The summed E-state index contributed by atoms with van der Waals surface area (Å²) in [6.45, 7) is 5.81. The van der Waals surface area contributed by atoms with Gasteiger partial charge in [0.05, 0.1) is 0 Å². The second kappa shape index (κ2) is 4.51. The van der Waals surface area contributed by atoms with Crippen molar-refractivity contribution in [1.82, 2.24) is 4.90 Å². The van der Waals surface area contributed by atoms with Crippen LogP contribution in [0.5, 0.6) is 0 Å². The summed E-state index contributed by atoms with van der Waals surface area (Å²) in [5.74, 6) is -0.148. The number of piperidine rings is 1. The first-order chi connectivity index (χ1) is 6.38. The lowest BCUT2D eigenvalue weighted by Crippen LogP contribution is -2.39. The molecule has 84 valence electrons. The first-order valence-electron chi connectivity index (χ1n) is 5.19. The Morgan fingerprint density at radius 2 is 1.71 bits per heavy atom. The predicted octanol–water partition coefficient (Wildman–Crippen LogP) is 3.06. The maximum atomic E-state index is 12.1. The van der Waals surface area contributed by atoms with E-state index in [9.17, 15) is 13.2 Å². The van der Waals surface area contributed by atoms with Gasteiger partial charge in [-0.3, -0.25) is 0 Å². The monoisotopic (exact) mass is 209 g/mol. The third-order valence-corrected chi connectivity index (χ3v) is 2.90. The Bertz CT molecular complexity index is 169. The molecular formula is C10H18F3N. The summed E-state index contributed by atoms with van der Waals surface area (Å²) in [7, 11) is 0. The number of hydrogen-bond donors (Lipinski definition) is 0. The van der Waals surface area contributed by atoms with E-state index in [1.54, 1.807) is 0 Å². The number of rotatable bonds is 2. The fraction of sp³-hybridized carbons (Fsp3) is 1.00. The molecule has 1 nitrogen and oxygen atoms in total. The molecule has 0 aromatic heterocycles. The molecule has 0 radical (unpaired) electrons. The van der Waals surface area contributed by atoms with E-state index in [0.717, 1.165) is 13.1 Å². The predicted molar refractivity (Wildman–Crippen MR) is 50.1 cm³/mol. The van der Waals surface area contributed by atoms with Crippen molar-refractivity contribution >= 4 is 0 Å². The molecule has 0 aromatic rings. The highest BCUT2D eigenvalue weighted by atomic mass is 19.4. The largest absolute Gasteiger partial charge is 0.389 e. The average molecular weight is 209 g/mol. The van der Waals surface area contributed by atoms with Gasteiger partial charge in [0.2, 0.25) is 0 Å². The molecule has 1 aliphatic heterocycles. The average Bonchev–Trinajstić information content (AvgIpc) is 2.02. The Kier molecular flexibility index (Phi) is 3.81. The highest BCUT2D eigenvalue weighted by Gasteiger charge is 2.33. The van der Waals surface area contributed by atoms with Crippen LogP contribution in [0.25, 0.3) is 0 Å². The van der Waals surface area contributed by atoms with Crippen LogP contribution in [0.15, 0.2) is 0 Å². The Morgan fingerprint density at radius 1 is 1.21 bits per heavy atom. The molecule has 0 atom stereocenters. The zero-order valence-corrected chi connectivity index (χ0v) is 8.77. The fourth-order valence-corrected chi connectivity index (χ4v) is 2.00. The van der Waals surface area contributed by atoms with Gasteiger partial charge in [0, 0.05) is 12.5 Å². The minimum atomic E-state index is -3.98. The lowest BCUT2D eigenvalue weighted by molar-refractivity contribution is -0.147. The molecule has 0 aliphatic carbocycles. The van der Waals surface area contributed by atoms with Crippen LogP contribution in [0.2, 0.25) is 0 Å². The van der Waals surface area contributed by atoms with E-state index in [2.05, 4.69) is 18.7 Å². The summed E-state index contributed by atoms with van der Waals surface area (Å²) in [6.07, 6.45) is -3.20. The van der Waals surface area contributed by atoms with Gasteiger partial charge in [0.25, 0.3) is 0 Å². The molecular weight excluding hydrogens is 191 g/mol. The van der Waals surface area contributed by atoms with E-state index in [-0.39, 0.29) is 5.92 Å². The van der Waals surface area contributed by atoms with Crippen LogP contribution < -0.4 is 0 Å². The highest BCUT2D eigenvalue weighted by molar-refractivity contribution is 4.76. The number of halogens is 3. The molecule has 0 aromatic carbocycles. The first-order valence-corrected chi connectivity index (χ1v) is 5.19. The van der Waals surface area contributed by atoms with Crippen LogP contribution in [0.4, 0.5) is 13.2 Å². The summed E-state index contributed by atoms with van der Waals surface area (Å²) >= 11 is 0. The van der Waals surface area contributed by atoms with E-state index >= 15 is 0 Å². The van der Waals surface area contributed by atoms with Crippen molar-refractivity contribution < 1.29 is 13.2 Å². The van der Waals surface area contributed by atoms with Gasteiger partial charge in [-0.05, 0) is 45.7 Å². The van der Waals surface area contributed by atoms with Gasteiger partial charge >= 0.3 is 6.18 Å². The Balaban J connectivity index is 2.29. The van der Waals surface area contributed by atoms with E-state index in [1.165, 1.54) is 0 Å². The molecule has 4 heteroatoms. The van der Waals surface area contributed by atoms with E-state index in [1.807, 2.05) is 0 Å². The van der Waals surface area contributed by atoms with Crippen molar-refractivity contribution in [2.24, 2.45) is 5.92 Å². The molecule has 0 bridgehead atoms. The van der Waals surface area contributed by atoms with Crippen molar-refractivity contribution in [2.45, 2.75) is 45.3 Å². The topological polar surface area (TPSA) is 3.24 Å². The maximum absolute atomic E-state index is 12.1. The molecule has 0 amide bonds. The number of nitrogens with zero attached hydrogens (tertiary/aromatic N) is 1. The Hall–Kier alpha value is -0.250. The molecule has 0 saturated carbocycles. The smallest absolute Gasteiger partial charge is 0.301 e. The van der Waals surface area contributed by atoms with E-state index in [0.29, 0.717) is 18.9 Å². The van der Waals surface area contributed by atoms with Crippen molar-refractivity contribution in [3.63, 3.8) is 0 Å².